The first-order chi connectivity index (χ1) is 9.71. The third kappa shape index (κ3) is 3.16. The van der Waals surface area contributed by atoms with Crippen molar-refractivity contribution in [3.05, 3.63) is 34.1 Å². The van der Waals surface area contributed by atoms with Gasteiger partial charge in [0.25, 0.3) is 11.7 Å². The first-order valence-corrected chi connectivity index (χ1v) is 7.00. The van der Waals surface area contributed by atoms with Gasteiger partial charge in [0.2, 0.25) is 0 Å². The average Bonchev–Trinajstić information content (AvgIpc) is 2.86. The molecule has 112 valence electrons. The Hall–Kier alpha value is -1.66. The van der Waals surface area contributed by atoms with Gasteiger partial charge in [-0.15, -0.1) is 10.2 Å². The molecule has 1 heterocycles. The lowest BCUT2D eigenvalue weighted by molar-refractivity contribution is 0.0982. The van der Waals surface area contributed by atoms with Crippen LogP contribution in [-0.4, -0.2) is 33.2 Å². The zero-order chi connectivity index (χ0) is 15.8. The van der Waals surface area contributed by atoms with Crippen LogP contribution in [0.4, 0.5) is 5.69 Å². The van der Waals surface area contributed by atoms with Crippen molar-refractivity contribution < 1.29 is 4.79 Å². The second-order valence-electron chi connectivity index (χ2n) is 5.51. The minimum absolute atomic E-state index is 0.0107. The predicted molar refractivity (Wildman–Crippen MR) is 82.0 cm³/mol. The molecule has 0 atom stereocenters. The van der Waals surface area contributed by atoms with Crippen molar-refractivity contribution in [1.82, 2.24) is 20.2 Å². The summed E-state index contributed by atoms with van der Waals surface area (Å²) in [5, 5.41) is 12.5. The summed E-state index contributed by atoms with van der Waals surface area (Å²) < 4.78 is 0. The lowest BCUT2D eigenvalue weighted by atomic mass is 10.1. The fourth-order valence-electron chi connectivity index (χ4n) is 1.65. The van der Waals surface area contributed by atoms with E-state index in [9.17, 15) is 4.79 Å². The number of halogens is 2. The molecule has 0 aliphatic rings. The van der Waals surface area contributed by atoms with Gasteiger partial charge in [0, 0.05) is 7.05 Å². The summed E-state index contributed by atoms with van der Waals surface area (Å²) in [6, 6.07) is 5.03. The Balaban J connectivity index is 2.34. The Morgan fingerprint density at radius 1 is 1.24 bits per heavy atom. The van der Waals surface area contributed by atoms with Gasteiger partial charge in [-0.05, 0) is 38.1 Å². The number of amides is 1. The molecule has 6 nitrogen and oxygen atoms in total. The molecule has 0 bridgehead atoms. The van der Waals surface area contributed by atoms with Crippen LogP contribution in [0.15, 0.2) is 18.2 Å². The number of tetrazole rings is 1. The SMILES string of the molecule is CN(C(=O)c1nnn(C(C)(C)C)n1)c1c(Cl)cccc1Cl. The number of hydrogen-bond donors (Lipinski definition) is 0. The van der Waals surface area contributed by atoms with Gasteiger partial charge in [0.15, 0.2) is 0 Å². The van der Waals surface area contributed by atoms with E-state index in [1.165, 1.54) is 9.70 Å². The smallest absolute Gasteiger partial charge is 0.299 e. The Bertz CT molecular complexity index is 657. The summed E-state index contributed by atoms with van der Waals surface area (Å²) in [5.74, 6) is -0.441. The molecule has 2 aromatic rings. The van der Waals surface area contributed by atoms with E-state index in [-0.39, 0.29) is 11.4 Å². The molecule has 0 radical (unpaired) electrons. The number of carbonyl (C=O) groups excluding carboxylic acids is 1. The summed E-state index contributed by atoms with van der Waals surface area (Å²) in [6.07, 6.45) is 0. The van der Waals surface area contributed by atoms with Crippen LogP contribution in [-0.2, 0) is 5.54 Å². The van der Waals surface area contributed by atoms with Crippen molar-refractivity contribution in [3.8, 4) is 0 Å². The second-order valence-corrected chi connectivity index (χ2v) is 6.32. The number of benzene rings is 1. The number of carbonyl (C=O) groups is 1. The molecule has 0 saturated carbocycles. The number of aromatic nitrogens is 4. The van der Waals surface area contributed by atoms with Crippen molar-refractivity contribution in [1.29, 1.82) is 0 Å². The number of anilines is 1. The molecule has 0 aliphatic carbocycles. The quantitative estimate of drug-likeness (QED) is 0.850. The fourth-order valence-corrected chi connectivity index (χ4v) is 2.30. The van der Waals surface area contributed by atoms with E-state index in [0.29, 0.717) is 15.7 Å². The number of nitrogens with zero attached hydrogens (tertiary/aromatic N) is 5. The molecule has 1 aromatic heterocycles. The van der Waals surface area contributed by atoms with Crippen LogP contribution in [0.25, 0.3) is 0 Å². The van der Waals surface area contributed by atoms with Gasteiger partial charge in [0.1, 0.15) is 0 Å². The molecule has 0 fully saturated rings. The summed E-state index contributed by atoms with van der Waals surface area (Å²) in [5.41, 5.74) is 0.0597. The zero-order valence-electron chi connectivity index (χ0n) is 12.1. The van der Waals surface area contributed by atoms with E-state index in [2.05, 4.69) is 15.4 Å². The molecule has 0 saturated heterocycles. The van der Waals surface area contributed by atoms with E-state index < -0.39 is 5.91 Å². The molecular weight excluding hydrogens is 313 g/mol. The number of hydrogen-bond acceptors (Lipinski definition) is 4. The van der Waals surface area contributed by atoms with Crippen LogP contribution in [0.1, 0.15) is 31.4 Å². The van der Waals surface area contributed by atoms with Crippen LogP contribution in [0, 0.1) is 0 Å². The molecule has 0 N–H and O–H groups in total. The van der Waals surface area contributed by atoms with Crippen molar-refractivity contribution in [2.45, 2.75) is 26.3 Å². The van der Waals surface area contributed by atoms with E-state index in [1.54, 1.807) is 25.2 Å². The maximum Gasteiger partial charge on any atom is 0.299 e. The molecule has 1 aromatic carbocycles. The largest absolute Gasteiger partial charge is 0.306 e. The third-order valence-electron chi connectivity index (χ3n) is 2.78. The van der Waals surface area contributed by atoms with Crippen molar-refractivity contribution in [3.63, 3.8) is 0 Å². The average molecular weight is 328 g/mol. The van der Waals surface area contributed by atoms with Crippen molar-refractivity contribution in [2.75, 3.05) is 11.9 Å². The summed E-state index contributed by atoms with van der Waals surface area (Å²) in [4.78, 5) is 15.1. The third-order valence-corrected chi connectivity index (χ3v) is 3.39. The van der Waals surface area contributed by atoms with Crippen LogP contribution >= 0.6 is 23.2 Å². The Morgan fingerprint density at radius 3 is 2.29 bits per heavy atom. The number of para-hydroxylation sites is 1. The maximum absolute atomic E-state index is 12.4. The molecule has 1 amide bonds. The lowest BCUT2D eigenvalue weighted by Crippen LogP contribution is -2.29. The Labute approximate surface area is 132 Å². The van der Waals surface area contributed by atoms with Gasteiger partial charge < -0.3 is 4.90 Å². The van der Waals surface area contributed by atoms with Crippen LogP contribution in [0.5, 0.6) is 0 Å². The monoisotopic (exact) mass is 327 g/mol. The summed E-state index contributed by atoms with van der Waals surface area (Å²) in [6.45, 7) is 5.74. The molecule has 0 spiro atoms. The predicted octanol–water partition coefficient (Wildman–Crippen LogP) is 3.01. The van der Waals surface area contributed by atoms with Gasteiger partial charge in [-0.2, -0.15) is 4.80 Å². The van der Waals surface area contributed by atoms with Gasteiger partial charge in [0.05, 0.1) is 21.3 Å². The van der Waals surface area contributed by atoms with Gasteiger partial charge >= 0.3 is 0 Å². The normalized spacial score (nSPS) is 11.5. The maximum atomic E-state index is 12.4. The summed E-state index contributed by atoms with van der Waals surface area (Å²) in [7, 11) is 1.56. The first kappa shape index (κ1) is 15.7. The zero-order valence-corrected chi connectivity index (χ0v) is 13.6. The van der Waals surface area contributed by atoms with Crippen LogP contribution in [0.2, 0.25) is 10.0 Å². The van der Waals surface area contributed by atoms with Crippen LogP contribution < -0.4 is 4.90 Å². The topological polar surface area (TPSA) is 63.9 Å². The van der Waals surface area contributed by atoms with E-state index >= 15 is 0 Å². The van der Waals surface area contributed by atoms with Gasteiger partial charge in [-0.25, -0.2) is 0 Å². The summed E-state index contributed by atoms with van der Waals surface area (Å²) >= 11 is 12.2. The second kappa shape index (κ2) is 5.61. The highest BCUT2D eigenvalue weighted by molar-refractivity contribution is 6.40. The first-order valence-electron chi connectivity index (χ1n) is 6.24. The lowest BCUT2D eigenvalue weighted by Gasteiger charge is -2.18. The highest BCUT2D eigenvalue weighted by Gasteiger charge is 2.25. The fraction of sp³-hybridized carbons (Fsp3) is 0.385. The molecule has 8 heteroatoms. The van der Waals surface area contributed by atoms with E-state index in [0.717, 1.165) is 0 Å². The minimum Gasteiger partial charge on any atom is -0.306 e. The Kier molecular flexibility index (Phi) is 4.20. The molecule has 0 unspecified atom stereocenters. The standard InChI is InChI=1S/C13H15Cl2N5O/c1-13(2,3)20-17-11(16-18-20)12(21)19(4)10-8(14)6-5-7-9(10)15/h5-7H,1-4H3. The molecule has 0 aliphatic heterocycles. The van der Waals surface area contributed by atoms with E-state index in [1.807, 2.05) is 20.8 Å². The minimum atomic E-state index is -0.430. The Morgan fingerprint density at radius 2 is 1.81 bits per heavy atom. The van der Waals surface area contributed by atoms with Crippen molar-refractivity contribution >= 4 is 34.8 Å². The van der Waals surface area contributed by atoms with Crippen molar-refractivity contribution in [2.24, 2.45) is 0 Å². The molecule has 21 heavy (non-hydrogen) atoms. The van der Waals surface area contributed by atoms with Gasteiger partial charge in [-0.1, -0.05) is 29.3 Å². The number of rotatable bonds is 2. The molecular formula is C13H15Cl2N5O. The molecule has 2 rings (SSSR count). The highest BCUT2D eigenvalue weighted by atomic mass is 35.5. The van der Waals surface area contributed by atoms with Crippen LogP contribution in [0.3, 0.4) is 0 Å². The highest BCUT2D eigenvalue weighted by Crippen LogP contribution is 2.33. The van der Waals surface area contributed by atoms with Gasteiger partial charge in [-0.3, -0.25) is 4.79 Å². The van der Waals surface area contributed by atoms with E-state index in [4.69, 9.17) is 23.2 Å².